The average Bonchev–Trinajstić information content (AvgIpc) is 2.42. The van der Waals surface area contributed by atoms with Crippen molar-refractivity contribution in [2.45, 2.75) is 46.0 Å². The molecule has 0 saturated carbocycles. The van der Waals surface area contributed by atoms with Crippen LogP contribution in [-0.4, -0.2) is 58.1 Å². The molecule has 0 fully saturated rings. The summed E-state index contributed by atoms with van der Waals surface area (Å²) in [5.74, 6) is -0.467. The van der Waals surface area contributed by atoms with Crippen LogP contribution in [0.1, 0.15) is 46.0 Å². The van der Waals surface area contributed by atoms with Gasteiger partial charge in [-0.15, -0.1) is 0 Å². The van der Waals surface area contributed by atoms with Gasteiger partial charge in [-0.1, -0.05) is 13.8 Å². The van der Waals surface area contributed by atoms with Crippen molar-refractivity contribution in [1.82, 2.24) is 17.8 Å². The Morgan fingerprint density at radius 3 is 1.76 bits per heavy atom. The summed E-state index contributed by atoms with van der Waals surface area (Å²) in [4.78, 5) is 36.8. The molecule has 3 amide bonds. The van der Waals surface area contributed by atoms with E-state index in [1.165, 1.54) is 0 Å². The van der Waals surface area contributed by atoms with E-state index in [9.17, 15) is 14.4 Å². The zero-order valence-electron chi connectivity index (χ0n) is 13.5. The first-order valence-electron chi connectivity index (χ1n) is 7.41. The molecule has 0 aromatic carbocycles. The molecule has 0 spiro atoms. The van der Waals surface area contributed by atoms with Crippen molar-refractivity contribution >= 4 is 32.5 Å². The molecule has 3 N–H and O–H groups in total. The van der Waals surface area contributed by atoms with E-state index >= 15 is 0 Å². The van der Waals surface area contributed by atoms with Crippen LogP contribution < -0.4 is 12.9 Å². The van der Waals surface area contributed by atoms with Crippen LogP contribution >= 0.6 is 0 Å². The van der Waals surface area contributed by atoms with Crippen molar-refractivity contribution in [3.8, 4) is 0 Å². The molecule has 8 heteroatoms. The van der Waals surface area contributed by atoms with Crippen LogP contribution in [-0.2, 0) is 14.4 Å². The summed E-state index contributed by atoms with van der Waals surface area (Å²) in [6.07, 6.45) is 2.78. The number of amides is 3. The molecule has 0 heterocycles. The summed E-state index contributed by atoms with van der Waals surface area (Å²) in [6, 6.07) is 0. The second kappa shape index (κ2) is 11.5. The number of unbranched alkanes of at least 4 members (excludes halogenated alkanes) is 1. The van der Waals surface area contributed by atoms with Crippen LogP contribution in [0.15, 0.2) is 0 Å². The summed E-state index contributed by atoms with van der Waals surface area (Å²) in [7, 11) is 3.98. The van der Waals surface area contributed by atoms with Crippen LogP contribution in [0.2, 0.25) is 0 Å². The van der Waals surface area contributed by atoms with E-state index in [1.807, 2.05) is 14.1 Å². The summed E-state index contributed by atoms with van der Waals surface area (Å²) in [5, 5.41) is 0. The maximum absolute atomic E-state index is 11.8. The number of carbonyl (C=O) groups is 3. The topological polar surface area (TPSA) is 90.5 Å². The highest BCUT2D eigenvalue weighted by atomic mass is 27.2. The third kappa shape index (κ3) is 11.3. The second-order valence-corrected chi connectivity index (χ2v) is 6.84. The van der Waals surface area contributed by atoms with Crippen molar-refractivity contribution < 1.29 is 14.4 Å². The summed E-state index contributed by atoms with van der Waals surface area (Å²) >= 11 is -2.32. The Morgan fingerprint density at radius 1 is 0.857 bits per heavy atom. The number of nitrogens with one attached hydrogen (secondary N) is 3. The van der Waals surface area contributed by atoms with Crippen LogP contribution in [0.5, 0.6) is 0 Å². The molecule has 0 radical (unpaired) electrons. The lowest BCUT2D eigenvalue weighted by molar-refractivity contribution is -0.120. The van der Waals surface area contributed by atoms with Gasteiger partial charge in [-0.05, 0) is 33.5 Å². The van der Waals surface area contributed by atoms with Crippen molar-refractivity contribution in [1.29, 1.82) is 0 Å². The van der Waals surface area contributed by atoms with Gasteiger partial charge < -0.3 is 17.8 Å². The molecule has 0 bridgehead atoms. The average molecular weight is 314 g/mol. The number of carbonyl (C=O) groups excluding carboxylic acids is 3. The molecule has 7 nitrogen and oxygen atoms in total. The molecule has 0 unspecified atom stereocenters. The van der Waals surface area contributed by atoms with E-state index < -0.39 is 14.8 Å². The molecule has 0 aromatic heterocycles. The van der Waals surface area contributed by atoms with E-state index in [2.05, 4.69) is 17.8 Å². The van der Waals surface area contributed by atoms with Gasteiger partial charge in [0.05, 0.1) is 0 Å². The third-order valence-corrected chi connectivity index (χ3v) is 4.65. The van der Waals surface area contributed by atoms with Crippen LogP contribution in [0, 0.1) is 0 Å². The highest BCUT2D eigenvalue weighted by molar-refractivity contribution is 6.59. The first-order chi connectivity index (χ1) is 9.88. The molecule has 0 atom stereocenters. The monoisotopic (exact) mass is 314 g/mol. The third-order valence-electron chi connectivity index (χ3n) is 2.82. The maximum atomic E-state index is 11.8. The number of rotatable bonds is 10. The van der Waals surface area contributed by atoms with Gasteiger partial charge in [-0.25, -0.2) is 0 Å². The van der Waals surface area contributed by atoms with Gasteiger partial charge in [0.15, 0.2) is 17.7 Å². The Bertz CT molecular complexity index is 332. The molecule has 0 aliphatic carbocycles. The Labute approximate surface area is 131 Å². The molecule has 0 aliphatic rings. The normalized spacial score (nSPS) is 10.1. The van der Waals surface area contributed by atoms with Gasteiger partial charge in [-0.2, -0.15) is 0 Å². The van der Waals surface area contributed by atoms with Crippen LogP contribution in [0.3, 0.4) is 0 Å². The largest absolute Gasteiger partial charge is 0.740 e. The van der Waals surface area contributed by atoms with Gasteiger partial charge >= 0.3 is 14.8 Å². The van der Waals surface area contributed by atoms with Crippen molar-refractivity contribution in [2.24, 2.45) is 0 Å². The Kier molecular flexibility index (Phi) is 10.9. The highest BCUT2D eigenvalue weighted by Gasteiger charge is 2.29. The van der Waals surface area contributed by atoms with Gasteiger partial charge in [0.25, 0.3) is 0 Å². The van der Waals surface area contributed by atoms with Gasteiger partial charge in [0.1, 0.15) is 0 Å². The molecule has 120 valence electrons. The lowest BCUT2D eigenvalue weighted by Crippen LogP contribution is -2.62. The van der Waals surface area contributed by atoms with Gasteiger partial charge in [0, 0.05) is 19.3 Å². The second-order valence-electron chi connectivity index (χ2n) is 5.10. The van der Waals surface area contributed by atoms with Crippen LogP contribution in [0.4, 0.5) is 0 Å². The summed E-state index contributed by atoms with van der Waals surface area (Å²) < 4.78 is 8.16. The zero-order chi connectivity index (χ0) is 16.3. The molecule has 0 aromatic rings. The predicted molar refractivity (Wildman–Crippen MR) is 83.2 cm³/mol. The number of hydrogen-bond acceptors (Lipinski definition) is 4. The number of hydrogen-bond donors (Lipinski definition) is 3. The molecular formula is C13H27AlN4O3. The molecule has 21 heavy (non-hydrogen) atoms. The Hall–Kier alpha value is -1.10. The summed E-state index contributed by atoms with van der Waals surface area (Å²) in [6.45, 7) is 4.39. The minimum atomic E-state index is -2.32. The van der Waals surface area contributed by atoms with Crippen molar-refractivity contribution in [3.05, 3.63) is 0 Å². The smallest absolute Gasteiger partial charge is 0.409 e. The molecule has 0 rings (SSSR count). The minimum Gasteiger partial charge on any atom is -0.409 e. The Balaban J connectivity index is 4.21. The maximum Gasteiger partial charge on any atom is 0.740 e. The predicted octanol–water partition coefficient (Wildman–Crippen LogP) is -0.128. The quantitative estimate of drug-likeness (QED) is 0.387. The highest BCUT2D eigenvalue weighted by Crippen LogP contribution is 1.96. The first kappa shape index (κ1) is 19.9. The fourth-order valence-corrected chi connectivity index (χ4v) is 3.32. The van der Waals surface area contributed by atoms with Gasteiger partial charge in [0.2, 0.25) is 0 Å². The van der Waals surface area contributed by atoms with Crippen LogP contribution in [0.25, 0.3) is 0 Å². The van der Waals surface area contributed by atoms with E-state index in [4.69, 9.17) is 0 Å². The lowest BCUT2D eigenvalue weighted by atomic mass is 10.2. The van der Waals surface area contributed by atoms with E-state index in [-0.39, 0.29) is 17.7 Å². The van der Waals surface area contributed by atoms with E-state index in [0.29, 0.717) is 19.3 Å². The SMILES string of the molecule is CCC(=O)[NH][Al]([NH]C(=O)CC)[NH]C(=O)CCCCN(C)C. The summed E-state index contributed by atoms with van der Waals surface area (Å²) in [5.41, 5.74) is 0. The zero-order valence-corrected chi connectivity index (χ0v) is 14.6. The number of nitrogens with zero attached hydrogens (tertiary/aromatic N) is 1. The molecule has 0 aliphatic heterocycles. The molecule has 0 saturated heterocycles. The van der Waals surface area contributed by atoms with Crippen molar-refractivity contribution in [2.75, 3.05) is 20.6 Å². The minimum absolute atomic E-state index is 0.127. The fourth-order valence-electron chi connectivity index (χ4n) is 1.58. The fraction of sp³-hybridized carbons (Fsp3) is 0.769. The first-order valence-corrected chi connectivity index (χ1v) is 9.15. The standard InChI is InChI=1S/C7H16N2O.2C3H7NO.Al/c1-9(2)6-4-3-5-7(8)10;2*1-2-3(4)5;/h3-6H2,1-2H3,(H2,8,10);2*2H2,1H3,(H2,4,5);/q;;;+3/p-3. The Morgan fingerprint density at radius 2 is 1.33 bits per heavy atom. The van der Waals surface area contributed by atoms with Crippen molar-refractivity contribution in [3.63, 3.8) is 0 Å². The van der Waals surface area contributed by atoms with Gasteiger partial charge in [-0.3, -0.25) is 14.4 Å². The van der Waals surface area contributed by atoms with E-state index in [1.54, 1.807) is 13.8 Å². The lowest BCUT2D eigenvalue weighted by Gasteiger charge is -2.15. The van der Waals surface area contributed by atoms with E-state index in [0.717, 1.165) is 19.4 Å². The molecular weight excluding hydrogens is 287 g/mol.